The number of carbonyl (C=O) groups excluding carboxylic acids is 1. The van der Waals surface area contributed by atoms with Crippen molar-refractivity contribution in [2.75, 3.05) is 5.73 Å². The lowest BCUT2D eigenvalue weighted by atomic mass is 9.91. The van der Waals surface area contributed by atoms with Gasteiger partial charge in [0.1, 0.15) is 17.9 Å². The molecule has 3 rings (SSSR count). The lowest BCUT2D eigenvalue weighted by molar-refractivity contribution is -0.111. The van der Waals surface area contributed by atoms with Crippen molar-refractivity contribution < 1.29 is 9.32 Å². The van der Waals surface area contributed by atoms with Crippen LogP contribution < -0.4 is 5.73 Å². The van der Waals surface area contributed by atoms with Gasteiger partial charge in [-0.3, -0.25) is 4.68 Å². The predicted octanol–water partition coefficient (Wildman–Crippen LogP) is 2.88. The average molecular weight is 304 g/mol. The van der Waals surface area contributed by atoms with Crippen LogP contribution in [0, 0.1) is 19.8 Å². The molecule has 0 amide bonds. The van der Waals surface area contributed by atoms with Crippen molar-refractivity contribution in [1.82, 2.24) is 14.9 Å². The number of nitrogens with two attached hydrogens (primary N) is 1. The molecule has 0 saturated heterocycles. The summed E-state index contributed by atoms with van der Waals surface area (Å²) in [6, 6.07) is 1.76. The first kappa shape index (κ1) is 16.3. The van der Waals surface area contributed by atoms with Crippen LogP contribution in [-0.4, -0.2) is 21.2 Å². The van der Waals surface area contributed by atoms with Crippen molar-refractivity contribution in [3.63, 3.8) is 0 Å². The fourth-order valence-corrected chi connectivity index (χ4v) is 2.63. The summed E-state index contributed by atoms with van der Waals surface area (Å²) in [5, 5.41) is 7.96. The molecule has 6 nitrogen and oxygen atoms in total. The Hall–Kier alpha value is -2.11. The lowest BCUT2D eigenvalue weighted by Crippen LogP contribution is -2.06. The van der Waals surface area contributed by atoms with Crippen molar-refractivity contribution >= 4 is 12.1 Å². The molecule has 22 heavy (non-hydrogen) atoms. The van der Waals surface area contributed by atoms with Gasteiger partial charge in [-0.1, -0.05) is 24.4 Å². The largest absolute Gasteiger partial charge is 0.382 e. The number of hydrogen-bond donors (Lipinski definition) is 1. The minimum atomic E-state index is 0.406. The van der Waals surface area contributed by atoms with Crippen LogP contribution in [0.25, 0.3) is 0 Å². The molecule has 0 aromatic carbocycles. The zero-order valence-electron chi connectivity index (χ0n) is 13.3. The average Bonchev–Trinajstić information content (AvgIpc) is 3.09. The quantitative estimate of drug-likeness (QED) is 0.881. The smallest absolute Gasteiger partial charge is 0.145 e. The topological polar surface area (TPSA) is 86.9 Å². The number of nitrogens with zero attached hydrogens (tertiary/aromatic N) is 3. The molecule has 0 unspecified atom stereocenters. The fourth-order valence-electron chi connectivity index (χ4n) is 2.63. The Morgan fingerprint density at radius 2 is 2.09 bits per heavy atom. The summed E-state index contributed by atoms with van der Waals surface area (Å²) >= 11 is 0. The Morgan fingerprint density at radius 3 is 2.55 bits per heavy atom. The molecule has 2 N–H and O–H groups in total. The number of rotatable bonds is 3. The summed E-state index contributed by atoms with van der Waals surface area (Å²) in [7, 11) is 0. The van der Waals surface area contributed by atoms with E-state index in [0.29, 0.717) is 18.3 Å². The molecular weight excluding hydrogens is 280 g/mol. The third-order valence-electron chi connectivity index (χ3n) is 4.00. The Morgan fingerprint density at radius 1 is 1.36 bits per heavy atom. The summed E-state index contributed by atoms with van der Waals surface area (Å²) in [4.78, 5) is 10.2. The molecule has 6 heteroatoms. The second-order valence-electron chi connectivity index (χ2n) is 5.78. The van der Waals surface area contributed by atoms with Crippen LogP contribution in [0.1, 0.15) is 49.1 Å². The van der Waals surface area contributed by atoms with Gasteiger partial charge < -0.3 is 15.1 Å². The minimum Gasteiger partial charge on any atom is -0.382 e. The SMILES string of the molecule is Cc1noc(C)c1Cn1ccc(N)n1.O=CC1CCCCC1. The Balaban J connectivity index is 0.000000188. The first-order valence-electron chi connectivity index (χ1n) is 7.76. The molecule has 1 aliphatic rings. The van der Waals surface area contributed by atoms with E-state index in [1.165, 1.54) is 19.3 Å². The van der Waals surface area contributed by atoms with E-state index in [9.17, 15) is 4.79 Å². The molecule has 2 heterocycles. The maximum atomic E-state index is 10.2. The standard InChI is InChI=1S/C9H12N4O.C7H12O/c1-6-8(7(2)14-12-6)5-13-4-3-9(10)11-13;8-6-7-4-2-1-3-5-7/h3-4H,5H2,1-2H3,(H2,10,11);6-7H,1-5H2. The maximum Gasteiger partial charge on any atom is 0.145 e. The van der Waals surface area contributed by atoms with E-state index in [1.54, 1.807) is 10.7 Å². The first-order valence-corrected chi connectivity index (χ1v) is 7.76. The van der Waals surface area contributed by atoms with Crippen molar-refractivity contribution in [2.45, 2.75) is 52.5 Å². The molecule has 2 aromatic heterocycles. The van der Waals surface area contributed by atoms with E-state index >= 15 is 0 Å². The van der Waals surface area contributed by atoms with Gasteiger partial charge in [0.25, 0.3) is 0 Å². The predicted molar refractivity (Wildman–Crippen MR) is 84.4 cm³/mol. The number of hydrogen-bond acceptors (Lipinski definition) is 5. The van der Waals surface area contributed by atoms with Crippen molar-refractivity contribution in [2.24, 2.45) is 5.92 Å². The van der Waals surface area contributed by atoms with E-state index in [-0.39, 0.29) is 0 Å². The molecule has 1 fully saturated rings. The van der Waals surface area contributed by atoms with Gasteiger partial charge >= 0.3 is 0 Å². The zero-order chi connectivity index (χ0) is 15.9. The highest BCUT2D eigenvalue weighted by Crippen LogP contribution is 2.21. The summed E-state index contributed by atoms with van der Waals surface area (Å²) in [6.07, 6.45) is 9.10. The van der Waals surface area contributed by atoms with Gasteiger partial charge in [0, 0.05) is 17.7 Å². The maximum absolute atomic E-state index is 10.2. The van der Waals surface area contributed by atoms with E-state index < -0.39 is 0 Å². The Kier molecular flexibility index (Phi) is 5.75. The second kappa shape index (κ2) is 7.77. The van der Waals surface area contributed by atoms with Crippen LogP contribution in [0.15, 0.2) is 16.8 Å². The first-order chi connectivity index (χ1) is 10.6. The van der Waals surface area contributed by atoms with E-state index in [1.807, 2.05) is 20.0 Å². The fraction of sp³-hybridized carbons (Fsp3) is 0.562. The van der Waals surface area contributed by atoms with Crippen molar-refractivity contribution in [1.29, 1.82) is 0 Å². The number of aryl methyl sites for hydroxylation is 2. The van der Waals surface area contributed by atoms with Gasteiger partial charge in [-0.15, -0.1) is 0 Å². The number of carbonyl (C=O) groups is 1. The number of nitrogen functional groups attached to an aromatic ring is 1. The summed E-state index contributed by atoms with van der Waals surface area (Å²) in [6.45, 7) is 4.46. The Bertz CT molecular complexity index is 578. The lowest BCUT2D eigenvalue weighted by Gasteiger charge is -2.14. The highest BCUT2D eigenvalue weighted by atomic mass is 16.5. The van der Waals surface area contributed by atoms with Crippen molar-refractivity contribution in [3.05, 3.63) is 29.3 Å². The summed E-state index contributed by atoms with van der Waals surface area (Å²) < 4.78 is 6.82. The summed E-state index contributed by atoms with van der Waals surface area (Å²) in [5.41, 5.74) is 7.48. The van der Waals surface area contributed by atoms with Crippen LogP contribution in [0.4, 0.5) is 5.82 Å². The van der Waals surface area contributed by atoms with Gasteiger partial charge in [-0.05, 0) is 32.8 Å². The number of aromatic nitrogens is 3. The van der Waals surface area contributed by atoms with Crippen LogP contribution in [0.2, 0.25) is 0 Å². The highest BCUT2D eigenvalue weighted by Gasteiger charge is 2.11. The molecule has 2 aromatic rings. The van der Waals surface area contributed by atoms with Gasteiger partial charge in [0.15, 0.2) is 0 Å². The third kappa shape index (κ3) is 4.44. The van der Waals surface area contributed by atoms with Crippen molar-refractivity contribution in [3.8, 4) is 0 Å². The second-order valence-corrected chi connectivity index (χ2v) is 5.78. The molecule has 1 aliphatic carbocycles. The molecule has 0 radical (unpaired) electrons. The van der Waals surface area contributed by atoms with E-state index in [0.717, 1.165) is 36.1 Å². The normalized spacial score (nSPS) is 15.2. The van der Waals surface area contributed by atoms with Gasteiger partial charge in [-0.25, -0.2) is 0 Å². The van der Waals surface area contributed by atoms with Crippen LogP contribution in [0.5, 0.6) is 0 Å². The molecule has 0 bridgehead atoms. The van der Waals surface area contributed by atoms with Gasteiger partial charge in [0.05, 0.1) is 12.2 Å². The molecule has 0 aliphatic heterocycles. The highest BCUT2D eigenvalue weighted by molar-refractivity contribution is 5.53. The summed E-state index contributed by atoms with van der Waals surface area (Å²) in [5.74, 6) is 1.76. The number of anilines is 1. The molecular formula is C16H24N4O2. The van der Waals surface area contributed by atoms with E-state index in [4.69, 9.17) is 10.3 Å². The molecule has 0 spiro atoms. The monoisotopic (exact) mass is 304 g/mol. The van der Waals surface area contributed by atoms with Crippen LogP contribution in [0.3, 0.4) is 0 Å². The zero-order valence-corrected chi connectivity index (χ0v) is 13.3. The van der Waals surface area contributed by atoms with Crippen LogP contribution in [-0.2, 0) is 11.3 Å². The van der Waals surface area contributed by atoms with E-state index in [2.05, 4.69) is 10.3 Å². The molecule has 0 atom stereocenters. The Labute approximate surface area is 130 Å². The third-order valence-corrected chi connectivity index (χ3v) is 4.00. The van der Waals surface area contributed by atoms with Gasteiger partial charge in [-0.2, -0.15) is 5.10 Å². The minimum absolute atomic E-state index is 0.406. The van der Waals surface area contributed by atoms with Gasteiger partial charge in [0.2, 0.25) is 0 Å². The number of aldehydes is 1. The molecule has 120 valence electrons. The molecule has 1 saturated carbocycles. The van der Waals surface area contributed by atoms with Crippen LogP contribution >= 0.6 is 0 Å².